The number of halogens is 1. The van der Waals surface area contributed by atoms with Crippen molar-refractivity contribution in [1.29, 1.82) is 0 Å². The molecule has 0 bridgehead atoms. The lowest BCUT2D eigenvalue weighted by molar-refractivity contribution is 0.401. The quantitative estimate of drug-likeness (QED) is 0.789. The SMILES string of the molecule is Cc1cc(-c2nc(CCl)cs2)ccc1CN(C)C. The van der Waals surface area contributed by atoms with Crippen LogP contribution in [0.1, 0.15) is 16.8 Å². The second-order valence-corrected chi connectivity index (χ2v) is 5.78. The van der Waals surface area contributed by atoms with Gasteiger partial charge in [0.15, 0.2) is 0 Å². The van der Waals surface area contributed by atoms with E-state index in [1.807, 2.05) is 5.38 Å². The van der Waals surface area contributed by atoms with Crippen molar-refractivity contribution in [1.82, 2.24) is 9.88 Å². The Morgan fingerprint density at radius 3 is 2.67 bits per heavy atom. The highest BCUT2D eigenvalue weighted by Gasteiger charge is 2.07. The molecule has 0 saturated carbocycles. The molecule has 0 aliphatic heterocycles. The van der Waals surface area contributed by atoms with Crippen molar-refractivity contribution in [2.45, 2.75) is 19.3 Å². The molecule has 4 heteroatoms. The molecule has 0 fully saturated rings. The van der Waals surface area contributed by atoms with Crippen LogP contribution in [0.25, 0.3) is 10.6 Å². The summed E-state index contributed by atoms with van der Waals surface area (Å²) in [6.45, 7) is 3.12. The smallest absolute Gasteiger partial charge is 0.123 e. The van der Waals surface area contributed by atoms with E-state index in [0.29, 0.717) is 5.88 Å². The summed E-state index contributed by atoms with van der Waals surface area (Å²) in [6.07, 6.45) is 0. The molecule has 0 unspecified atom stereocenters. The van der Waals surface area contributed by atoms with Gasteiger partial charge in [-0.3, -0.25) is 0 Å². The maximum absolute atomic E-state index is 5.78. The maximum atomic E-state index is 5.78. The third-order valence-corrected chi connectivity index (χ3v) is 3.98. The standard InChI is InChI=1S/C14H17ClN2S/c1-10-6-11(4-5-12(10)8-17(2)3)14-16-13(7-15)9-18-14/h4-6,9H,7-8H2,1-3H3. The summed E-state index contributed by atoms with van der Waals surface area (Å²) in [5, 5.41) is 3.07. The Kier molecular flexibility index (Phi) is 4.38. The molecule has 96 valence electrons. The molecular weight excluding hydrogens is 264 g/mol. The molecule has 0 radical (unpaired) electrons. The summed E-state index contributed by atoms with van der Waals surface area (Å²) < 4.78 is 0. The topological polar surface area (TPSA) is 16.1 Å². The van der Waals surface area contributed by atoms with Gasteiger partial charge in [-0.05, 0) is 38.2 Å². The molecule has 0 aliphatic rings. The van der Waals surface area contributed by atoms with Crippen LogP contribution in [0.4, 0.5) is 0 Å². The number of aromatic nitrogens is 1. The number of thiazole rings is 1. The molecule has 0 amide bonds. The lowest BCUT2D eigenvalue weighted by Gasteiger charge is -2.12. The molecule has 2 nitrogen and oxygen atoms in total. The Balaban J connectivity index is 2.28. The van der Waals surface area contributed by atoms with Gasteiger partial charge in [0, 0.05) is 17.5 Å². The Morgan fingerprint density at radius 1 is 1.33 bits per heavy atom. The summed E-state index contributed by atoms with van der Waals surface area (Å²) >= 11 is 7.43. The van der Waals surface area contributed by atoms with Crippen LogP contribution in [0.5, 0.6) is 0 Å². The first-order valence-corrected chi connectivity index (χ1v) is 7.26. The van der Waals surface area contributed by atoms with Gasteiger partial charge in [-0.2, -0.15) is 0 Å². The van der Waals surface area contributed by atoms with Gasteiger partial charge in [-0.15, -0.1) is 22.9 Å². The molecule has 2 rings (SSSR count). The summed E-state index contributed by atoms with van der Waals surface area (Å²) in [7, 11) is 4.17. The molecule has 0 spiro atoms. The van der Waals surface area contributed by atoms with E-state index >= 15 is 0 Å². The fraction of sp³-hybridized carbons (Fsp3) is 0.357. The van der Waals surface area contributed by atoms with Crippen LogP contribution in [0.15, 0.2) is 23.6 Å². The van der Waals surface area contributed by atoms with Gasteiger partial charge >= 0.3 is 0 Å². The van der Waals surface area contributed by atoms with Crippen LogP contribution < -0.4 is 0 Å². The lowest BCUT2D eigenvalue weighted by atomic mass is 10.1. The van der Waals surface area contributed by atoms with E-state index in [9.17, 15) is 0 Å². The zero-order valence-corrected chi connectivity index (χ0v) is 12.5. The number of rotatable bonds is 4. The van der Waals surface area contributed by atoms with Gasteiger partial charge in [-0.25, -0.2) is 4.98 Å². The average Bonchev–Trinajstić information content (AvgIpc) is 2.80. The average molecular weight is 281 g/mol. The van der Waals surface area contributed by atoms with Crippen LogP contribution in [-0.4, -0.2) is 24.0 Å². The van der Waals surface area contributed by atoms with Gasteiger partial charge < -0.3 is 4.90 Å². The summed E-state index contributed by atoms with van der Waals surface area (Å²) in [5.74, 6) is 0.480. The molecule has 1 aromatic heterocycles. The number of alkyl halides is 1. The summed E-state index contributed by atoms with van der Waals surface area (Å²) in [5.41, 5.74) is 4.80. The van der Waals surface area contributed by atoms with Gasteiger partial charge in [0.25, 0.3) is 0 Å². The largest absolute Gasteiger partial charge is 0.305 e. The Hall–Kier alpha value is -0.900. The first-order chi connectivity index (χ1) is 8.60. The van der Waals surface area contributed by atoms with Gasteiger partial charge in [0.05, 0.1) is 11.6 Å². The van der Waals surface area contributed by atoms with E-state index in [4.69, 9.17) is 11.6 Å². The van der Waals surface area contributed by atoms with Gasteiger partial charge in [0.1, 0.15) is 5.01 Å². The van der Waals surface area contributed by atoms with E-state index in [-0.39, 0.29) is 0 Å². The molecule has 2 aromatic rings. The summed E-state index contributed by atoms with van der Waals surface area (Å²) in [4.78, 5) is 6.68. The number of aryl methyl sites for hydroxylation is 1. The zero-order valence-electron chi connectivity index (χ0n) is 10.9. The first kappa shape index (κ1) is 13.5. The Morgan fingerprint density at radius 2 is 2.11 bits per heavy atom. The minimum absolute atomic E-state index is 0.480. The molecule has 0 N–H and O–H groups in total. The van der Waals surface area contributed by atoms with E-state index < -0.39 is 0 Å². The highest BCUT2D eigenvalue weighted by molar-refractivity contribution is 7.13. The van der Waals surface area contributed by atoms with Crippen molar-refractivity contribution < 1.29 is 0 Å². The molecular formula is C14H17ClN2S. The molecule has 18 heavy (non-hydrogen) atoms. The number of nitrogens with zero attached hydrogens (tertiary/aromatic N) is 2. The van der Waals surface area contributed by atoms with Crippen LogP contribution in [0.3, 0.4) is 0 Å². The van der Waals surface area contributed by atoms with Crippen molar-refractivity contribution in [3.63, 3.8) is 0 Å². The lowest BCUT2D eigenvalue weighted by Crippen LogP contribution is -2.11. The molecule has 1 heterocycles. The molecule has 0 atom stereocenters. The minimum atomic E-state index is 0.480. The Bertz CT molecular complexity index is 534. The highest BCUT2D eigenvalue weighted by Crippen LogP contribution is 2.26. The van der Waals surface area contributed by atoms with Crippen molar-refractivity contribution in [2.75, 3.05) is 14.1 Å². The van der Waals surface area contributed by atoms with Gasteiger partial charge in [0.2, 0.25) is 0 Å². The van der Waals surface area contributed by atoms with Crippen LogP contribution in [0.2, 0.25) is 0 Å². The normalized spacial score (nSPS) is 11.2. The molecule has 1 aromatic carbocycles. The highest BCUT2D eigenvalue weighted by atomic mass is 35.5. The monoisotopic (exact) mass is 280 g/mol. The van der Waals surface area contributed by atoms with Crippen molar-refractivity contribution in [3.8, 4) is 10.6 Å². The Labute approximate surface area is 117 Å². The van der Waals surface area contributed by atoms with E-state index in [1.54, 1.807) is 11.3 Å². The predicted octanol–water partition coefficient (Wildman–Crippen LogP) is 3.92. The molecule has 0 saturated heterocycles. The van der Waals surface area contributed by atoms with Crippen LogP contribution in [0, 0.1) is 6.92 Å². The molecule has 0 aliphatic carbocycles. The predicted molar refractivity (Wildman–Crippen MR) is 79.2 cm³/mol. The minimum Gasteiger partial charge on any atom is -0.305 e. The number of hydrogen-bond donors (Lipinski definition) is 0. The van der Waals surface area contributed by atoms with E-state index in [0.717, 1.165) is 17.2 Å². The third kappa shape index (κ3) is 3.10. The van der Waals surface area contributed by atoms with E-state index in [1.165, 1.54) is 16.7 Å². The van der Waals surface area contributed by atoms with Crippen molar-refractivity contribution >= 4 is 22.9 Å². The van der Waals surface area contributed by atoms with Gasteiger partial charge in [-0.1, -0.05) is 12.1 Å². The fourth-order valence-corrected chi connectivity index (χ4v) is 2.89. The first-order valence-electron chi connectivity index (χ1n) is 5.85. The number of benzene rings is 1. The van der Waals surface area contributed by atoms with Crippen LogP contribution >= 0.6 is 22.9 Å². The third-order valence-electron chi connectivity index (χ3n) is 2.76. The van der Waals surface area contributed by atoms with Crippen molar-refractivity contribution in [3.05, 3.63) is 40.4 Å². The van der Waals surface area contributed by atoms with E-state index in [2.05, 4.69) is 49.1 Å². The second-order valence-electron chi connectivity index (χ2n) is 4.66. The number of hydrogen-bond acceptors (Lipinski definition) is 3. The fourth-order valence-electron chi connectivity index (χ4n) is 1.85. The van der Waals surface area contributed by atoms with Crippen molar-refractivity contribution in [2.24, 2.45) is 0 Å². The maximum Gasteiger partial charge on any atom is 0.123 e. The summed E-state index contributed by atoms with van der Waals surface area (Å²) in [6, 6.07) is 6.53. The second kappa shape index (κ2) is 5.83. The zero-order chi connectivity index (χ0) is 13.1. The van der Waals surface area contributed by atoms with Crippen LogP contribution in [-0.2, 0) is 12.4 Å².